The van der Waals surface area contributed by atoms with E-state index in [0.717, 1.165) is 51.6 Å². The van der Waals surface area contributed by atoms with Crippen molar-refractivity contribution < 1.29 is 9.53 Å². The van der Waals surface area contributed by atoms with Crippen LogP contribution in [0.3, 0.4) is 0 Å². The third-order valence-corrected chi connectivity index (χ3v) is 6.11. The number of hydrogen-bond acceptors (Lipinski definition) is 4. The zero-order valence-corrected chi connectivity index (χ0v) is 19.4. The fourth-order valence-electron chi connectivity index (χ4n) is 3.75. The van der Waals surface area contributed by atoms with Crippen molar-refractivity contribution in [3.8, 4) is 0 Å². The van der Waals surface area contributed by atoms with E-state index < -0.39 is 0 Å². The Bertz CT molecular complexity index is 610. The van der Waals surface area contributed by atoms with Crippen LogP contribution in [-0.4, -0.2) is 68.6 Å². The van der Waals surface area contributed by atoms with Gasteiger partial charge in [0.25, 0.3) is 0 Å². The molecule has 3 heterocycles. The molecule has 1 aromatic rings. The van der Waals surface area contributed by atoms with Gasteiger partial charge in [0.2, 0.25) is 5.91 Å². The van der Waals surface area contributed by atoms with E-state index in [0.29, 0.717) is 0 Å². The average molecular weight is 506 g/mol. The van der Waals surface area contributed by atoms with E-state index in [-0.39, 0.29) is 41.8 Å². The van der Waals surface area contributed by atoms with Gasteiger partial charge in [-0.25, -0.2) is 4.99 Å². The van der Waals surface area contributed by atoms with Crippen molar-refractivity contribution in [1.29, 1.82) is 0 Å². The number of guanidine groups is 1. The van der Waals surface area contributed by atoms with Gasteiger partial charge in [0.15, 0.2) is 5.96 Å². The second-order valence-electron chi connectivity index (χ2n) is 7.54. The van der Waals surface area contributed by atoms with Crippen molar-refractivity contribution in [2.24, 2.45) is 10.4 Å². The molecule has 1 atom stereocenters. The SMILES string of the molecule is CN(C)C(=O)CN=C(NCc1cccs1)N1CCCC2(CCCOC2)C1.I. The number of halogens is 1. The van der Waals surface area contributed by atoms with Gasteiger partial charge in [0.05, 0.1) is 13.2 Å². The monoisotopic (exact) mass is 506 g/mol. The number of hydrogen-bond donors (Lipinski definition) is 1. The molecule has 152 valence electrons. The number of aliphatic imine (C=N–C) groups is 1. The third-order valence-electron chi connectivity index (χ3n) is 5.23. The van der Waals surface area contributed by atoms with E-state index in [1.807, 2.05) is 0 Å². The quantitative estimate of drug-likeness (QED) is 0.388. The van der Waals surface area contributed by atoms with Crippen LogP contribution in [0.4, 0.5) is 0 Å². The Morgan fingerprint density at radius 1 is 1.41 bits per heavy atom. The summed E-state index contributed by atoms with van der Waals surface area (Å²) in [6.45, 7) is 4.59. The molecular weight excluding hydrogens is 475 g/mol. The molecule has 6 nitrogen and oxygen atoms in total. The van der Waals surface area contributed by atoms with E-state index in [4.69, 9.17) is 4.74 Å². The number of thiophene rings is 1. The number of nitrogens with one attached hydrogen (secondary N) is 1. The number of carbonyl (C=O) groups excluding carboxylic acids is 1. The Kier molecular flexibility index (Phi) is 8.81. The highest BCUT2D eigenvalue weighted by atomic mass is 127. The Hall–Kier alpha value is -0.870. The van der Waals surface area contributed by atoms with Gasteiger partial charge >= 0.3 is 0 Å². The van der Waals surface area contributed by atoms with Crippen molar-refractivity contribution >= 4 is 47.2 Å². The van der Waals surface area contributed by atoms with Crippen LogP contribution in [0.15, 0.2) is 22.5 Å². The lowest BCUT2D eigenvalue weighted by molar-refractivity contribution is -0.127. The van der Waals surface area contributed by atoms with Gasteiger partial charge < -0.3 is 19.9 Å². The molecule has 3 rings (SSSR count). The zero-order valence-electron chi connectivity index (χ0n) is 16.3. The number of ether oxygens (including phenoxy) is 1. The number of amides is 1. The summed E-state index contributed by atoms with van der Waals surface area (Å²) < 4.78 is 5.79. The normalized spacial score (nSPS) is 23.0. The first-order valence-electron chi connectivity index (χ1n) is 9.42. The van der Waals surface area contributed by atoms with Crippen LogP contribution in [0.5, 0.6) is 0 Å². The van der Waals surface area contributed by atoms with E-state index in [9.17, 15) is 4.79 Å². The summed E-state index contributed by atoms with van der Waals surface area (Å²) in [5, 5.41) is 5.56. The zero-order chi connectivity index (χ0) is 18.4. The van der Waals surface area contributed by atoms with Gasteiger partial charge in [-0.15, -0.1) is 35.3 Å². The summed E-state index contributed by atoms with van der Waals surface area (Å²) in [6, 6.07) is 4.18. The molecule has 1 spiro atoms. The van der Waals surface area contributed by atoms with Crippen molar-refractivity contribution in [3.05, 3.63) is 22.4 Å². The first-order chi connectivity index (χ1) is 12.6. The van der Waals surface area contributed by atoms with Crippen molar-refractivity contribution in [2.75, 3.05) is 46.9 Å². The molecule has 1 aromatic heterocycles. The summed E-state index contributed by atoms with van der Waals surface area (Å²) in [5.74, 6) is 0.867. The smallest absolute Gasteiger partial charge is 0.243 e. The molecular formula is C19H31IN4O2S. The second kappa shape index (κ2) is 10.6. The molecule has 0 radical (unpaired) electrons. The number of likely N-dealkylation sites (tertiary alicyclic amines) is 1. The number of rotatable bonds is 4. The molecule has 2 saturated heterocycles. The van der Waals surface area contributed by atoms with Crippen molar-refractivity contribution in [1.82, 2.24) is 15.1 Å². The molecule has 2 aliphatic heterocycles. The second-order valence-corrected chi connectivity index (χ2v) is 8.57. The Balaban J connectivity index is 0.00000261. The predicted molar refractivity (Wildman–Crippen MR) is 121 cm³/mol. The molecule has 8 heteroatoms. The Morgan fingerprint density at radius 3 is 2.89 bits per heavy atom. The maximum absolute atomic E-state index is 12.0. The molecule has 0 aliphatic carbocycles. The Morgan fingerprint density at radius 2 is 2.22 bits per heavy atom. The lowest BCUT2D eigenvalue weighted by Gasteiger charge is -2.45. The number of nitrogens with zero attached hydrogens (tertiary/aromatic N) is 3. The topological polar surface area (TPSA) is 57.2 Å². The molecule has 2 aliphatic rings. The minimum Gasteiger partial charge on any atom is -0.381 e. The van der Waals surface area contributed by atoms with Gasteiger partial charge in [-0.2, -0.15) is 0 Å². The molecule has 0 bridgehead atoms. The first kappa shape index (κ1) is 22.4. The highest BCUT2D eigenvalue weighted by molar-refractivity contribution is 14.0. The summed E-state index contributed by atoms with van der Waals surface area (Å²) in [6.07, 6.45) is 4.73. The molecule has 0 aromatic carbocycles. The van der Waals surface area contributed by atoms with Crippen LogP contribution in [0, 0.1) is 5.41 Å². The lowest BCUT2D eigenvalue weighted by Crippen LogP contribution is -2.53. The summed E-state index contributed by atoms with van der Waals surface area (Å²) >= 11 is 1.73. The van der Waals surface area contributed by atoms with E-state index >= 15 is 0 Å². The highest BCUT2D eigenvalue weighted by Gasteiger charge is 2.38. The maximum Gasteiger partial charge on any atom is 0.243 e. The van der Waals surface area contributed by atoms with Gasteiger partial charge in [-0.3, -0.25) is 4.79 Å². The summed E-state index contributed by atoms with van der Waals surface area (Å²) in [4.78, 5) is 21.8. The number of likely N-dealkylation sites (N-methyl/N-ethyl adjacent to an activating group) is 1. The minimum absolute atomic E-state index is 0. The maximum atomic E-state index is 12.0. The van der Waals surface area contributed by atoms with Crippen LogP contribution in [0.1, 0.15) is 30.6 Å². The fraction of sp³-hybridized carbons (Fsp3) is 0.684. The van der Waals surface area contributed by atoms with Crippen molar-refractivity contribution in [2.45, 2.75) is 32.2 Å². The van der Waals surface area contributed by atoms with Crippen LogP contribution in [-0.2, 0) is 16.1 Å². The van der Waals surface area contributed by atoms with Gasteiger partial charge in [0, 0.05) is 44.1 Å². The summed E-state index contributed by atoms with van der Waals surface area (Å²) in [7, 11) is 3.54. The standard InChI is InChI=1S/C19H30N4O2S.HI/c1-22(2)17(24)13-21-18(20-12-16-6-3-11-26-16)23-9-4-7-19(14-23)8-5-10-25-15-19;/h3,6,11H,4-5,7-10,12-15H2,1-2H3,(H,20,21);1H. The van der Waals surface area contributed by atoms with Gasteiger partial charge in [-0.1, -0.05) is 6.07 Å². The predicted octanol–water partition coefficient (Wildman–Crippen LogP) is 2.79. The molecule has 1 amide bonds. The van der Waals surface area contributed by atoms with Crippen LogP contribution < -0.4 is 5.32 Å². The van der Waals surface area contributed by atoms with E-state index in [1.165, 1.54) is 17.7 Å². The van der Waals surface area contributed by atoms with Crippen molar-refractivity contribution in [3.63, 3.8) is 0 Å². The number of piperidine rings is 1. The van der Waals surface area contributed by atoms with Crippen LogP contribution in [0.2, 0.25) is 0 Å². The summed E-state index contributed by atoms with van der Waals surface area (Å²) in [5.41, 5.74) is 0.243. The molecule has 0 saturated carbocycles. The highest BCUT2D eigenvalue weighted by Crippen LogP contribution is 2.37. The molecule has 1 unspecified atom stereocenters. The minimum atomic E-state index is 0. The first-order valence-corrected chi connectivity index (χ1v) is 10.3. The van der Waals surface area contributed by atoms with Crippen LogP contribution in [0.25, 0.3) is 0 Å². The molecule has 27 heavy (non-hydrogen) atoms. The Labute approximate surface area is 183 Å². The lowest BCUT2D eigenvalue weighted by atomic mass is 9.76. The average Bonchev–Trinajstić information content (AvgIpc) is 3.15. The largest absolute Gasteiger partial charge is 0.381 e. The van der Waals surface area contributed by atoms with E-state index in [1.54, 1.807) is 30.3 Å². The fourth-order valence-corrected chi connectivity index (χ4v) is 4.40. The number of carbonyl (C=O) groups is 1. The molecule has 1 N–H and O–H groups in total. The third kappa shape index (κ3) is 6.32. The van der Waals surface area contributed by atoms with Gasteiger partial charge in [-0.05, 0) is 37.1 Å². The van der Waals surface area contributed by atoms with Gasteiger partial charge in [0.1, 0.15) is 6.54 Å². The van der Waals surface area contributed by atoms with Crippen LogP contribution >= 0.6 is 35.3 Å². The van der Waals surface area contributed by atoms with E-state index in [2.05, 4.69) is 32.7 Å². The molecule has 2 fully saturated rings.